The molecule has 0 aromatic carbocycles. The zero-order valence-electron chi connectivity index (χ0n) is 9.96. The van der Waals surface area contributed by atoms with Crippen LogP contribution in [0.5, 0.6) is 0 Å². The number of sulfonamides is 1. The second-order valence-corrected chi connectivity index (χ2v) is 6.94. The van der Waals surface area contributed by atoms with Crippen LogP contribution >= 0.6 is 11.3 Å². The molecule has 100 valence electrons. The van der Waals surface area contributed by atoms with Crippen LogP contribution in [-0.4, -0.2) is 26.7 Å². The van der Waals surface area contributed by atoms with E-state index in [9.17, 15) is 13.2 Å². The lowest BCUT2D eigenvalue weighted by Gasteiger charge is -2.18. The van der Waals surface area contributed by atoms with Gasteiger partial charge < -0.3 is 4.74 Å². The van der Waals surface area contributed by atoms with Crippen molar-refractivity contribution in [2.75, 3.05) is 11.8 Å². The van der Waals surface area contributed by atoms with Gasteiger partial charge in [0.05, 0.1) is 24.0 Å². The summed E-state index contributed by atoms with van der Waals surface area (Å²) < 4.78 is 31.6. The van der Waals surface area contributed by atoms with Crippen molar-refractivity contribution in [1.29, 1.82) is 0 Å². The second-order valence-electron chi connectivity index (χ2n) is 4.26. The number of rotatable bonds is 4. The molecule has 1 aliphatic rings. The highest BCUT2D eigenvalue weighted by atomic mass is 32.2. The van der Waals surface area contributed by atoms with Gasteiger partial charge in [0.25, 0.3) is 0 Å². The van der Waals surface area contributed by atoms with Gasteiger partial charge in [0.15, 0.2) is 0 Å². The Labute approximate surface area is 110 Å². The van der Waals surface area contributed by atoms with E-state index < -0.39 is 27.2 Å². The van der Waals surface area contributed by atoms with Crippen molar-refractivity contribution in [3.05, 3.63) is 16.8 Å². The minimum absolute atomic E-state index is 0.437. The van der Waals surface area contributed by atoms with E-state index in [1.807, 2.05) is 0 Å². The topological polar surface area (TPSA) is 72.5 Å². The molecule has 5 nitrogen and oxygen atoms in total. The Morgan fingerprint density at radius 1 is 1.50 bits per heavy atom. The minimum atomic E-state index is -3.53. The van der Waals surface area contributed by atoms with Gasteiger partial charge in [0.2, 0.25) is 10.0 Å². The van der Waals surface area contributed by atoms with Crippen LogP contribution in [0.15, 0.2) is 16.8 Å². The quantitative estimate of drug-likeness (QED) is 0.858. The number of carbonyl (C=O) groups is 1. The molecule has 0 saturated heterocycles. The Morgan fingerprint density at radius 2 is 2.28 bits per heavy atom. The number of thiophene rings is 1. The van der Waals surface area contributed by atoms with Gasteiger partial charge in [0, 0.05) is 5.38 Å². The fourth-order valence-electron chi connectivity index (χ4n) is 2.28. The van der Waals surface area contributed by atoms with Crippen LogP contribution in [0.2, 0.25) is 0 Å². The molecule has 0 aliphatic heterocycles. The summed E-state index contributed by atoms with van der Waals surface area (Å²) in [5.74, 6) is -0.987. The number of anilines is 1. The van der Waals surface area contributed by atoms with Crippen molar-refractivity contribution in [2.24, 2.45) is 5.92 Å². The maximum atomic E-state index is 12.2. The lowest BCUT2D eigenvalue weighted by molar-refractivity contribution is -0.145. The number of carbonyl (C=O) groups excluding carboxylic acids is 1. The lowest BCUT2D eigenvalue weighted by atomic mass is 10.1. The minimum Gasteiger partial charge on any atom is -0.469 e. The number of hydrogen-bond acceptors (Lipinski definition) is 5. The molecule has 1 saturated carbocycles. The predicted octanol–water partition coefficient (Wildman–Crippen LogP) is 1.83. The average molecular weight is 289 g/mol. The molecule has 0 amide bonds. The van der Waals surface area contributed by atoms with Gasteiger partial charge in [-0.15, -0.1) is 0 Å². The Balaban J connectivity index is 2.16. The van der Waals surface area contributed by atoms with E-state index in [2.05, 4.69) is 9.46 Å². The molecular formula is C11H15NO4S2. The molecule has 1 fully saturated rings. The Kier molecular flexibility index (Phi) is 3.91. The van der Waals surface area contributed by atoms with Crippen molar-refractivity contribution >= 4 is 33.0 Å². The molecule has 1 heterocycles. The van der Waals surface area contributed by atoms with Crippen molar-refractivity contribution in [2.45, 2.75) is 24.5 Å². The molecule has 2 unspecified atom stereocenters. The fourth-order valence-corrected chi connectivity index (χ4v) is 4.71. The summed E-state index contributed by atoms with van der Waals surface area (Å²) in [5, 5.41) is 2.83. The highest BCUT2D eigenvalue weighted by Gasteiger charge is 2.42. The Hall–Kier alpha value is -1.08. The van der Waals surface area contributed by atoms with Crippen LogP contribution in [-0.2, 0) is 19.6 Å². The van der Waals surface area contributed by atoms with Crippen LogP contribution in [0, 0.1) is 5.92 Å². The molecule has 0 bridgehead atoms. The summed E-state index contributed by atoms with van der Waals surface area (Å²) in [7, 11) is -2.24. The Bertz CT molecular complexity index is 509. The summed E-state index contributed by atoms with van der Waals surface area (Å²) in [5.41, 5.74) is 0.551. The second kappa shape index (κ2) is 5.27. The molecule has 0 radical (unpaired) electrons. The van der Waals surface area contributed by atoms with Crippen LogP contribution in [0.4, 0.5) is 5.69 Å². The monoisotopic (exact) mass is 289 g/mol. The van der Waals surface area contributed by atoms with Gasteiger partial charge in [-0.3, -0.25) is 9.52 Å². The normalized spacial score (nSPS) is 23.8. The molecule has 1 aliphatic carbocycles. The van der Waals surface area contributed by atoms with Gasteiger partial charge >= 0.3 is 5.97 Å². The molecule has 1 N–H and O–H groups in total. The number of ether oxygens (including phenoxy) is 1. The van der Waals surface area contributed by atoms with Crippen LogP contribution in [0.25, 0.3) is 0 Å². The zero-order chi connectivity index (χ0) is 13.2. The third-order valence-corrected chi connectivity index (χ3v) is 5.70. The van der Waals surface area contributed by atoms with Gasteiger partial charge in [0.1, 0.15) is 0 Å². The van der Waals surface area contributed by atoms with Crippen molar-refractivity contribution in [1.82, 2.24) is 0 Å². The molecular weight excluding hydrogens is 274 g/mol. The smallest absolute Gasteiger partial charge is 0.310 e. The first-order valence-corrected chi connectivity index (χ1v) is 8.15. The molecule has 1 aromatic heterocycles. The zero-order valence-corrected chi connectivity index (χ0v) is 11.6. The average Bonchev–Trinajstić information content (AvgIpc) is 2.97. The first-order chi connectivity index (χ1) is 8.54. The van der Waals surface area contributed by atoms with E-state index in [1.54, 1.807) is 16.8 Å². The third-order valence-electron chi connectivity index (χ3n) is 3.14. The maximum Gasteiger partial charge on any atom is 0.310 e. The van der Waals surface area contributed by atoms with Crippen LogP contribution < -0.4 is 4.72 Å². The van der Waals surface area contributed by atoms with E-state index in [0.717, 1.165) is 6.42 Å². The Morgan fingerprint density at radius 3 is 2.89 bits per heavy atom. The number of methoxy groups -OCH3 is 1. The molecule has 2 atom stereocenters. The summed E-state index contributed by atoms with van der Waals surface area (Å²) in [4.78, 5) is 11.6. The largest absolute Gasteiger partial charge is 0.469 e. The van der Waals surface area contributed by atoms with Gasteiger partial charge in [-0.05, 0) is 24.3 Å². The lowest BCUT2D eigenvalue weighted by Crippen LogP contribution is -2.35. The maximum absolute atomic E-state index is 12.2. The van der Waals surface area contributed by atoms with Gasteiger partial charge in [-0.2, -0.15) is 11.3 Å². The van der Waals surface area contributed by atoms with Crippen LogP contribution in [0.3, 0.4) is 0 Å². The number of nitrogens with one attached hydrogen (secondary N) is 1. The van der Waals surface area contributed by atoms with E-state index in [0.29, 0.717) is 18.5 Å². The molecule has 1 aromatic rings. The van der Waals surface area contributed by atoms with E-state index in [-0.39, 0.29) is 0 Å². The highest BCUT2D eigenvalue weighted by molar-refractivity contribution is 7.93. The summed E-state index contributed by atoms with van der Waals surface area (Å²) in [6, 6.07) is 1.70. The van der Waals surface area contributed by atoms with Crippen LogP contribution in [0.1, 0.15) is 19.3 Å². The van der Waals surface area contributed by atoms with Crippen molar-refractivity contribution < 1.29 is 17.9 Å². The van der Waals surface area contributed by atoms with Crippen molar-refractivity contribution in [3.63, 3.8) is 0 Å². The molecule has 7 heteroatoms. The highest BCUT2D eigenvalue weighted by Crippen LogP contribution is 2.33. The molecule has 2 rings (SSSR count). The standard InChI is InChI=1S/C11H15NO4S2/c1-16-11(13)9-3-2-4-10(9)18(14,15)12-8-5-6-17-7-8/h5-7,9-10,12H,2-4H2,1H3. The summed E-state index contributed by atoms with van der Waals surface area (Å²) >= 11 is 1.42. The molecule has 0 spiro atoms. The van der Waals surface area contributed by atoms with Crippen molar-refractivity contribution in [3.8, 4) is 0 Å². The fraction of sp³-hybridized carbons (Fsp3) is 0.545. The third kappa shape index (κ3) is 2.67. The number of hydrogen-bond donors (Lipinski definition) is 1. The van der Waals surface area contributed by atoms with E-state index >= 15 is 0 Å². The summed E-state index contributed by atoms with van der Waals surface area (Å²) in [6.45, 7) is 0. The van der Waals surface area contributed by atoms with Gasteiger partial charge in [-0.1, -0.05) is 6.42 Å². The first-order valence-electron chi connectivity index (χ1n) is 5.66. The van der Waals surface area contributed by atoms with Gasteiger partial charge in [-0.25, -0.2) is 8.42 Å². The number of esters is 1. The first kappa shape index (κ1) is 13.4. The van der Waals surface area contributed by atoms with E-state index in [1.165, 1.54) is 18.4 Å². The van der Waals surface area contributed by atoms with E-state index in [4.69, 9.17) is 0 Å². The summed E-state index contributed by atoms with van der Waals surface area (Å²) in [6.07, 6.45) is 1.80. The predicted molar refractivity (Wildman–Crippen MR) is 70.0 cm³/mol. The molecule has 18 heavy (non-hydrogen) atoms. The SMILES string of the molecule is COC(=O)C1CCCC1S(=O)(=O)Nc1ccsc1.